The molecule has 0 fully saturated rings. The van der Waals surface area contributed by atoms with Gasteiger partial charge < -0.3 is 0 Å². The molecule has 3 heteroatoms. The second-order valence-corrected chi connectivity index (χ2v) is 6.97. The molecule has 0 saturated heterocycles. The molecule has 0 saturated carbocycles. The number of benzene rings is 3. The molecule has 4 rings (SSSR count). The quantitative estimate of drug-likeness (QED) is 0.350. The van der Waals surface area contributed by atoms with Gasteiger partial charge in [0, 0.05) is 10.8 Å². The van der Waals surface area contributed by atoms with E-state index in [0.717, 1.165) is 16.7 Å². The molecule has 0 radical (unpaired) electrons. The number of allylic oxidation sites excluding steroid dienone is 1. The second-order valence-electron chi connectivity index (χ2n) is 6.97. The Labute approximate surface area is 159 Å². The Kier molecular flexibility index (Phi) is 4.84. The van der Waals surface area contributed by atoms with E-state index >= 15 is 0 Å². The molecular weight excluding hydrogens is 334 g/mol. The van der Waals surface area contributed by atoms with Gasteiger partial charge in [0.1, 0.15) is 0 Å². The molecule has 1 aliphatic rings. The van der Waals surface area contributed by atoms with Gasteiger partial charge in [-0.2, -0.15) is 0 Å². The number of rotatable bonds is 4. The Bertz CT molecular complexity index is 922. The van der Waals surface area contributed by atoms with Gasteiger partial charge >= 0.3 is 0 Å². The summed E-state index contributed by atoms with van der Waals surface area (Å²) < 4.78 is 0. The first-order valence-electron chi connectivity index (χ1n) is 9.22. The predicted molar refractivity (Wildman–Crippen MR) is 107 cm³/mol. The van der Waals surface area contributed by atoms with Gasteiger partial charge in [0.2, 0.25) is 6.04 Å². The summed E-state index contributed by atoms with van der Waals surface area (Å²) >= 11 is 0. The first kappa shape index (κ1) is 17.2. The molecule has 0 amide bonds. The van der Waals surface area contributed by atoms with Crippen molar-refractivity contribution >= 4 is 0 Å². The average molecular weight is 355 g/mol. The molecule has 3 aromatic carbocycles. The van der Waals surface area contributed by atoms with E-state index in [4.69, 9.17) is 0 Å². The van der Waals surface area contributed by atoms with Gasteiger partial charge in [0.15, 0.2) is 0 Å². The van der Waals surface area contributed by atoms with Crippen LogP contribution in [0.15, 0.2) is 103 Å². The largest absolute Gasteiger partial charge is 0.264 e. The fourth-order valence-corrected chi connectivity index (χ4v) is 4.23. The molecule has 0 aliphatic heterocycles. The minimum absolute atomic E-state index is 0.0241. The minimum atomic E-state index is -0.718. The number of nitro groups is 1. The summed E-state index contributed by atoms with van der Waals surface area (Å²) in [5.41, 5.74) is 3.11. The van der Waals surface area contributed by atoms with Crippen LogP contribution in [0.2, 0.25) is 0 Å². The summed E-state index contributed by atoms with van der Waals surface area (Å²) in [6.07, 6.45) is 4.19. The van der Waals surface area contributed by atoms with E-state index in [2.05, 4.69) is 18.2 Å². The fourth-order valence-electron chi connectivity index (χ4n) is 4.23. The van der Waals surface area contributed by atoms with Crippen molar-refractivity contribution in [2.75, 3.05) is 0 Å². The lowest BCUT2D eigenvalue weighted by Gasteiger charge is -2.35. The summed E-state index contributed by atoms with van der Waals surface area (Å²) in [6, 6.07) is 29.1. The van der Waals surface area contributed by atoms with Crippen LogP contribution >= 0.6 is 0 Å². The highest BCUT2D eigenvalue weighted by atomic mass is 16.6. The first-order valence-corrected chi connectivity index (χ1v) is 9.22. The Hall–Kier alpha value is -3.20. The Balaban J connectivity index is 1.87. The van der Waals surface area contributed by atoms with Crippen molar-refractivity contribution in [2.45, 2.75) is 23.8 Å². The Morgan fingerprint density at radius 2 is 1.00 bits per heavy atom. The van der Waals surface area contributed by atoms with E-state index in [0.29, 0.717) is 0 Å². The topological polar surface area (TPSA) is 43.1 Å². The van der Waals surface area contributed by atoms with Crippen LogP contribution < -0.4 is 0 Å². The molecular formula is C24H21NO2. The summed E-state index contributed by atoms with van der Waals surface area (Å²) in [5.74, 6) is -0.492. The van der Waals surface area contributed by atoms with E-state index < -0.39 is 6.04 Å². The van der Waals surface area contributed by atoms with Crippen LogP contribution in [0.1, 0.15) is 34.4 Å². The molecule has 1 aliphatic carbocycles. The standard InChI is InChI=1S/C24H21NO2/c26-25(27)24-22(19-12-6-2-7-13-19)17-16-21(18-10-4-1-5-11-18)23(24)20-14-8-3-9-15-20/h1-17,21-24H/t21-,22+,23+,24+/m0/s1. The second kappa shape index (κ2) is 7.58. The number of nitrogens with zero attached hydrogens (tertiary/aromatic N) is 1. The van der Waals surface area contributed by atoms with Crippen LogP contribution in [-0.4, -0.2) is 11.0 Å². The van der Waals surface area contributed by atoms with Gasteiger partial charge in [-0.1, -0.05) is 103 Å². The van der Waals surface area contributed by atoms with Crippen LogP contribution in [0.4, 0.5) is 0 Å². The van der Waals surface area contributed by atoms with Crippen molar-refractivity contribution in [3.63, 3.8) is 0 Å². The molecule has 0 heterocycles. The molecule has 3 nitrogen and oxygen atoms in total. The summed E-state index contributed by atoms with van der Waals surface area (Å²) in [6.45, 7) is 0. The predicted octanol–water partition coefficient (Wildman–Crippen LogP) is 5.55. The Morgan fingerprint density at radius 3 is 1.48 bits per heavy atom. The molecule has 3 aromatic rings. The summed E-state index contributed by atoms with van der Waals surface area (Å²) in [5, 5.41) is 12.3. The van der Waals surface area contributed by atoms with E-state index in [1.807, 2.05) is 84.9 Å². The fraction of sp³-hybridized carbons (Fsp3) is 0.167. The number of hydrogen-bond acceptors (Lipinski definition) is 2. The third kappa shape index (κ3) is 3.41. The Morgan fingerprint density at radius 1 is 0.593 bits per heavy atom. The van der Waals surface area contributed by atoms with Crippen molar-refractivity contribution in [1.29, 1.82) is 0 Å². The highest BCUT2D eigenvalue weighted by Gasteiger charge is 2.46. The lowest BCUT2D eigenvalue weighted by Crippen LogP contribution is -2.38. The van der Waals surface area contributed by atoms with Crippen molar-refractivity contribution < 1.29 is 4.92 Å². The van der Waals surface area contributed by atoms with Gasteiger partial charge in [-0.15, -0.1) is 0 Å². The highest BCUT2D eigenvalue weighted by Crippen LogP contribution is 2.46. The maximum Gasteiger partial charge on any atom is 0.230 e. The molecule has 0 spiro atoms. The molecule has 27 heavy (non-hydrogen) atoms. The van der Waals surface area contributed by atoms with Gasteiger partial charge in [0.05, 0.1) is 11.8 Å². The SMILES string of the molecule is O=[N+]([O-])[C@H]1[C@H](c2ccccc2)[C@H](c2ccccc2)C=C[C@@H]1c1ccccc1. The maximum atomic E-state index is 12.3. The minimum Gasteiger partial charge on any atom is -0.264 e. The molecule has 0 bridgehead atoms. The zero-order valence-corrected chi connectivity index (χ0v) is 14.9. The van der Waals surface area contributed by atoms with Crippen molar-refractivity contribution in [3.8, 4) is 0 Å². The normalized spacial score (nSPS) is 24.4. The van der Waals surface area contributed by atoms with Crippen LogP contribution in [0.5, 0.6) is 0 Å². The van der Waals surface area contributed by atoms with Gasteiger partial charge in [-0.3, -0.25) is 10.1 Å². The van der Waals surface area contributed by atoms with Gasteiger partial charge in [0.25, 0.3) is 0 Å². The third-order valence-corrected chi connectivity index (χ3v) is 5.45. The smallest absolute Gasteiger partial charge is 0.230 e. The zero-order valence-electron chi connectivity index (χ0n) is 14.9. The molecule has 4 atom stereocenters. The third-order valence-electron chi connectivity index (χ3n) is 5.45. The van der Waals surface area contributed by atoms with Crippen LogP contribution in [0.3, 0.4) is 0 Å². The van der Waals surface area contributed by atoms with E-state index in [9.17, 15) is 10.1 Å². The lowest BCUT2D eigenvalue weighted by atomic mass is 9.68. The van der Waals surface area contributed by atoms with Crippen molar-refractivity contribution in [3.05, 3.63) is 130 Å². The van der Waals surface area contributed by atoms with Crippen LogP contribution in [0.25, 0.3) is 0 Å². The number of hydrogen-bond donors (Lipinski definition) is 0. The van der Waals surface area contributed by atoms with Crippen molar-refractivity contribution in [1.82, 2.24) is 0 Å². The lowest BCUT2D eigenvalue weighted by molar-refractivity contribution is -0.530. The molecule has 134 valence electrons. The first-order chi connectivity index (χ1) is 13.3. The van der Waals surface area contributed by atoms with Crippen LogP contribution in [-0.2, 0) is 0 Å². The maximum absolute atomic E-state index is 12.3. The molecule has 0 unspecified atom stereocenters. The van der Waals surface area contributed by atoms with E-state index in [-0.39, 0.29) is 22.7 Å². The average Bonchev–Trinajstić information content (AvgIpc) is 2.74. The van der Waals surface area contributed by atoms with E-state index in [1.165, 1.54) is 0 Å². The van der Waals surface area contributed by atoms with Gasteiger partial charge in [-0.25, -0.2) is 0 Å². The zero-order chi connectivity index (χ0) is 18.6. The monoisotopic (exact) mass is 355 g/mol. The van der Waals surface area contributed by atoms with Gasteiger partial charge in [-0.05, 0) is 16.7 Å². The summed E-state index contributed by atoms with van der Waals surface area (Å²) in [4.78, 5) is 12.2. The highest BCUT2D eigenvalue weighted by molar-refractivity contribution is 5.39. The van der Waals surface area contributed by atoms with Crippen LogP contribution in [0, 0.1) is 10.1 Å². The van der Waals surface area contributed by atoms with Crippen molar-refractivity contribution in [2.24, 2.45) is 0 Å². The summed E-state index contributed by atoms with van der Waals surface area (Å²) in [7, 11) is 0. The molecule has 0 N–H and O–H groups in total. The molecule has 0 aromatic heterocycles. The van der Waals surface area contributed by atoms with E-state index in [1.54, 1.807) is 0 Å².